The molecular weight excluding hydrogens is 214 g/mol. The fourth-order valence-electron chi connectivity index (χ4n) is 2.01. The average Bonchev–Trinajstić information content (AvgIpc) is 2.59. The van der Waals surface area contributed by atoms with E-state index in [9.17, 15) is 8.42 Å². The summed E-state index contributed by atoms with van der Waals surface area (Å²) in [4.78, 5) is 0. The van der Waals surface area contributed by atoms with Crippen molar-refractivity contribution in [3.05, 3.63) is 29.3 Å². The molecule has 0 saturated heterocycles. The van der Waals surface area contributed by atoms with Crippen LogP contribution in [0.25, 0.3) is 0 Å². The van der Waals surface area contributed by atoms with Crippen LogP contribution in [-0.2, 0) is 16.4 Å². The quantitative estimate of drug-likeness (QED) is 0.818. The Labute approximate surface area is 89.1 Å². The average molecular weight is 227 g/mol. The first-order valence-corrected chi connectivity index (χ1v) is 6.32. The van der Waals surface area contributed by atoms with Crippen LogP contribution in [0.15, 0.2) is 18.2 Å². The lowest BCUT2D eigenvalue weighted by Gasteiger charge is -2.09. The third-order valence-corrected chi connectivity index (χ3v) is 4.06. The molecule has 15 heavy (non-hydrogen) atoms. The molecule has 0 radical (unpaired) electrons. The zero-order chi connectivity index (χ0) is 11.1. The molecule has 0 heterocycles. The summed E-state index contributed by atoms with van der Waals surface area (Å²) in [5, 5.41) is 4.61. The van der Waals surface area contributed by atoms with Gasteiger partial charge in [-0.2, -0.15) is 0 Å². The van der Waals surface area contributed by atoms with E-state index < -0.39 is 15.3 Å². The highest BCUT2D eigenvalue weighted by molar-refractivity contribution is 7.89. The summed E-state index contributed by atoms with van der Waals surface area (Å²) < 4.78 is 27.7. The van der Waals surface area contributed by atoms with Crippen LogP contribution in [-0.4, -0.2) is 15.5 Å². The third-order valence-electron chi connectivity index (χ3n) is 2.77. The number of methoxy groups -OCH3 is 1. The van der Waals surface area contributed by atoms with Crippen molar-refractivity contribution in [2.45, 2.75) is 18.1 Å². The van der Waals surface area contributed by atoms with Gasteiger partial charge in [-0.05, 0) is 36.1 Å². The second-order valence-electron chi connectivity index (χ2n) is 3.68. The minimum atomic E-state index is -3.50. The first-order chi connectivity index (χ1) is 7.02. The Balaban J connectivity index is 2.49. The van der Waals surface area contributed by atoms with Gasteiger partial charge in [0.05, 0.1) is 7.11 Å². The predicted octanol–water partition coefficient (Wildman–Crippen LogP) is 0.971. The lowest BCUT2D eigenvalue weighted by atomic mass is 10.1. The highest BCUT2D eigenvalue weighted by Gasteiger charge is 2.31. The number of fused-ring (bicyclic) bond motifs is 1. The molecule has 0 amide bonds. The van der Waals surface area contributed by atoms with Crippen molar-refractivity contribution in [3.8, 4) is 5.75 Å². The summed E-state index contributed by atoms with van der Waals surface area (Å²) in [7, 11) is -1.94. The van der Waals surface area contributed by atoms with E-state index in [1.807, 2.05) is 12.1 Å². The van der Waals surface area contributed by atoms with Crippen molar-refractivity contribution in [2.75, 3.05) is 7.11 Å². The van der Waals surface area contributed by atoms with E-state index in [-0.39, 0.29) is 0 Å². The predicted molar refractivity (Wildman–Crippen MR) is 57.2 cm³/mol. The smallest absolute Gasteiger partial charge is 0.216 e. The number of aryl methyl sites for hydroxylation is 1. The second kappa shape index (κ2) is 3.50. The van der Waals surface area contributed by atoms with E-state index in [4.69, 9.17) is 9.88 Å². The molecule has 2 N–H and O–H groups in total. The van der Waals surface area contributed by atoms with Gasteiger partial charge in [0, 0.05) is 0 Å². The molecule has 0 aromatic heterocycles. The number of nitrogens with two attached hydrogens (primary N) is 1. The number of primary sulfonamides is 1. The normalized spacial score (nSPS) is 20.0. The SMILES string of the molecule is COc1ccc2c(c1)C(S(N)(=O)=O)CC2. The minimum absolute atomic E-state index is 0.567. The summed E-state index contributed by atoms with van der Waals surface area (Å²) in [6, 6.07) is 5.50. The molecule has 0 bridgehead atoms. The zero-order valence-corrected chi connectivity index (χ0v) is 9.25. The molecule has 1 aliphatic rings. The van der Waals surface area contributed by atoms with Crippen molar-refractivity contribution in [2.24, 2.45) is 5.14 Å². The van der Waals surface area contributed by atoms with Gasteiger partial charge in [-0.1, -0.05) is 6.07 Å². The number of ether oxygens (including phenoxy) is 1. The second-order valence-corrected chi connectivity index (χ2v) is 5.43. The fraction of sp³-hybridized carbons (Fsp3) is 0.400. The molecule has 1 aromatic carbocycles. The maximum absolute atomic E-state index is 11.3. The summed E-state index contributed by atoms with van der Waals surface area (Å²) in [6.45, 7) is 0. The van der Waals surface area contributed by atoms with E-state index in [0.717, 1.165) is 17.5 Å². The maximum atomic E-state index is 11.3. The van der Waals surface area contributed by atoms with Gasteiger partial charge in [0.25, 0.3) is 0 Å². The molecule has 0 saturated carbocycles. The molecule has 1 aromatic rings. The Kier molecular flexibility index (Phi) is 2.44. The Bertz CT molecular complexity index is 481. The highest BCUT2D eigenvalue weighted by Crippen LogP contribution is 2.37. The number of hydrogen-bond acceptors (Lipinski definition) is 3. The molecule has 82 valence electrons. The molecule has 5 heteroatoms. The van der Waals surface area contributed by atoms with Crippen LogP contribution >= 0.6 is 0 Å². The van der Waals surface area contributed by atoms with Crippen LogP contribution in [0.4, 0.5) is 0 Å². The molecule has 2 rings (SSSR count). The standard InChI is InChI=1S/C10H13NO3S/c1-14-8-4-2-7-3-5-10(9(7)6-8)15(11,12)13/h2,4,6,10H,3,5H2,1H3,(H2,11,12,13). The largest absolute Gasteiger partial charge is 0.497 e. The Morgan fingerprint density at radius 3 is 2.80 bits per heavy atom. The van der Waals surface area contributed by atoms with Crippen molar-refractivity contribution in [3.63, 3.8) is 0 Å². The van der Waals surface area contributed by atoms with Crippen molar-refractivity contribution < 1.29 is 13.2 Å². The number of benzene rings is 1. The lowest BCUT2D eigenvalue weighted by Crippen LogP contribution is -2.19. The maximum Gasteiger partial charge on any atom is 0.216 e. The topological polar surface area (TPSA) is 69.4 Å². The van der Waals surface area contributed by atoms with Crippen molar-refractivity contribution in [1.82, 2.24) is 0 Å². The zero-order valence-electron chi connectivity index (χ0n) is 8.43. The number of rotatable bonds is 2. The van der Waals surface area contributed by atoms with E-state index >= 15 is 0 Å². The molecule has 0 aliphatic heterocycles. The number of hydrogen-bond donors (Lipinski definition) is 1. The Morgan fingerprint density at radius 2 is 2.20 bits per heavy atom. The van der Waals surface area contributed by atoms with Crippen molar-refractivity contribution >= 4 is 10.0 Å². The fourth-order valence-corrected chi connectivity index (χ4v) is 3.03. The van der Waals surface area contributed by atoms with E-state index in [1.165, 1.54) is 0 Å². The minimum Gasteiger partial charge on any atom is -0.497 e. The molecule has 4 nitrogen and oxygen atoms in total. The first-order valence-electron chi connectivity index (χ1n) is 4.71. The molecule has 1 aliphatic carbocycles. The summed E-state index contributed by atoms with van der Waals surface area (Å²) in [6.07, 6.45) is 1.34. The van der Waals surface area contributed by atoms with E-state index in [1.54, 1.807) is 13.2 Å². The van der Waals surface area contributed by atoms with E-state index in [2.05, 4.69) is 0 Å². The molecule has 1 unspecified atom stereocenters. The third kappa shape index (κ3) is 1.85. The van der Waals surface area contributed by atoms with Crippen LogP contribution in [0.5, 0.6) is 5.75 Å². The van der Waals surface area contributed by atoms with Crippen LogP contribution < -0.4 is 9.88 Å². The first kappa shape index (κ1) is 10.4. The van der Waals surface area contributed by atoms with Gasteiger partial charge >= 0.3 is 0 Å². The molecule has 0 spiro atoms. The van der Waals surface area contributed by atoms with Gasteiger partial charge in [0.15, 0.2) is 0 Å². The van der Waals surface area contributed by atoms with Gasteiger partial charge in [-0.15, -0.1) is 0 Å². The van der Waals surface area contributed by atoms with Crippen LogP contribution in [0.3, 0.4) is 0 Å². The number of sulfonamides is 1. The van der Waals surface area contributed by atoms with Gasteiger partial charge in [-0.25, -0.2) is 13.6 Å². The molecule has 1 atom stereocenters. The molecule has 0 fully saturated rings. The van der Waals surface area contributed by atoms with E-state index in [0.29, 0.717) is 12.2 Å². The van der Waals surface area contributed by atoms with Gasteiger partial charge in [0.1, 0.15) is 11.0 Å². The van der Waals surface area contributed by atoms with Crippen LogP contribution in [0.1, 0.15) is 22.8 Å². The Hall–Kier alpha value is -1.07. The monoisotopic (exact) mass is 227 g/mol. The van der Waals surface area contributed by atoms with Gasteiger partial charge in [0.2, 0.25) is 10.0 Å². The van der Waals surface area contributed by atoms with Gasteiger partial charge < -0.3 is 4.74 Å². The summed E-state index contributed by atoms with van der Waals surface area (Å²) in [5.41, 5.74) is 1.84. The van der Waals surface area contributed by atoms with Crippen molar-refractivity contribution in [1.29, 1.82) is 0 Å². The molecular formula is C10H13NO3S. The lowest BCUT2D eigenvalue weighted by molar-refractivity contribution is 0.414. The highest BCUT2D eigenvalue weighted by atomic mass is 32.2. The Morgan fingerprint density at radius 1 is 1.47 bits per heavy atom. The van der Waals surface area contributed by atoms with Crippen LogP contribution in [0, 0.1) is 0 Å². The summed E-state index contributed by atoms with van der Waals surface area (Å²) in [5.74, 6) is 0.671. The van der Waals surface area contributed by atoms with Gasteiger partial charge in [-0.3, -0.25) is 0 Å². The van der Waals surface area contributed by atoms with Crippen LogP contribution in [0.2, 0.25) is 0 Å². The summed E-state index contributed by atoms with van der Waals surface area (Å²) >= 11 is 0.